The molecule has 0 spiro atoms. The van der Waals surface area contributed by atoms with Crippen LogP contribution < -0.4 is 10.2 Å². The molecule has 0 unspecified atom stereocenters. The fourth-order valence-corrected chi connectivity index (χ4v) is 1.93. The number of anilines is 1. The number of ether oxygens (including phenoxy) is 1. The van der Waals surface area contributed by atoms with E-state index in [0.717, 1.165) is 0 Å². The molecule has 0 saturated carbocycles. The van der Waals surface area contributed by atoms with Crippen molar-refractivity contribution in [3.8, 4) is 0 Å². The van der Waals surface area contributed by atoms with Crippen LogP contribution in [0.25, 0.3) is 0 Å². The Bertz CT molecular complexity index is 642. The molecule has 1 rings (SSSR count). The first-order valence-electron chi connectivity index (χ1n) is 7.52. The number of amides is 2. The SMILES string of the molecule is CCOC(=O)N(C)c1ccc(C(=O)N[C@@H](CCC(=O)O)C(=O)O)cc1. The van der Waals surface area contributed by atoms with Crippen LogP contribution in [0.3, 0.4) is 0 Å². The molecule has 136 valence electrons. The topological polar surface area (TPSA) is 133 Å². The average Bonchev–Trinajstić information content (AvgIpc) is 2.57. The van der Waals surface area contributed by atoms with Crippen molar-refractivity contribution in [2.75, 3.05) is 18.6 Å². The number of carboxylic acids is 2. The summed E-state index contributed by atoms with van der Waals surface area (Å²) in [7, 11) is 1.51. The van der Waals surface area contributed by atoms with Gasteiger partial charge in [0.15, 0.2) is 0 Å². The van der Waals surface area contributed by atoms with Crippen molar-refractivity contribution >= 4 is 29.6 Å². The Labute approximate surface area is 144 Å². The quantitative estimate of drug-likeness (QED) is 0.642. The van der Waals surface area contributed by atoms with E-state index in [0.29, 0.717) is 5.69 Å². The van der Waals surface area contributed by atoms with E-state index in [9.17, 15) is 19.2 Å². The number of nitrogens with zero attached hydrogens (tertiary/aromatic N) is 1. The van der Waals surface area contributed by atoms with Crippen LogP contribution in [0.2, 0.25) is 0 Å². The van der Waals surface area contributed by atoms with Crippen molar-refractivity contribution in [1.29, 1.82) is 0 Å². The summed E-state index contributed by atoms with van der Waals surface area (Å²) in [5.41, 5.74) is 0.679. The molecule has 9 heteroatoms. The van der Waals surface area contributed by atoms with Crippen molar-refractivity contribution in [3.63, 3.8) is 0 Å². The number of aliphatic carboxylic acids is 2. The summed E-state index contributed by atoms with van der Waals surface area (Å²) >= 11 is 0. The molecule has 0 heterocycles. The summed E-state index contributed by atoms with van der Waals surface area (Å²) in [6, 6.07) is 4.58. The fraction of sp³-hybridized carbons (Fsp3) is 0.375. The van der Waals surface area contributed by atoms with Gasteiger partial charge in [-0.25, -0.2) is 9.59 Å². The van der Waals surface area contributed by atoms with Gasteiger partial charge in [-0.15, -0.1) is 0 Å². The number of carbonyl (C=O) groups is 4. The van der Waals surface area contributed by atoms with Gasteiger partial charge in [-0.3, -0.25) is 14.5 Å². The summed E-state index contributed by atoms with van der Waals surface area (Å²) in [6.07, 6.45) is -1.14. The molecular weight excluding hydrogens is 332 g/mol. The van der Waals surface area contributed by atoms with Gasteiger partial charge in [-0.1, -0.05) is 0 Å². The maximum Gasteiger partial charge on any atom is 0.413 e. The van der Waals surface area contributed by atoms with E-state index < -0.39 is 30.0 Å². The summed E-state index contributed by atoms with van der Waals surface area (Å²) in [6.45, 7) is 1.92. The van der Waals surface area contributed by atoms with Crippen molar-refractivity contribution in [1.82, 2.24) is 5.32 Å². The lowest BCUT2D eigenvalue weighted by Gasteiger charge is -2.17. The lowest BCUT2D eigenvalue weighted by atomic mass is 10.1. The third kappa shape index (κ3) is 6.13. The Morgan fingerprint density at radius 1 is 1.16 bits per heavy atom. The highest BCUT2D eigenvalue weighted by Crippen LogP contribution is 2.15. The van der Waals surface area contributed by atoms with Gasteiger partial charge >= 0.3 is 18.0 Å². The largest absolute Gasteiger partial charge is 0.481 e. The van der Waals surface area contributed by atoms with Crippen LogP contribution in [0.15, 0.2) is 24.3 Å². The Morgan fingerprint density at radius 3 is 2.24 bits per heavy atom. The van der Waals surface area contributed by atoms with Gasteiger partial charge in [0.2, 0.25) is 0 Å². The first-order valence-corrected chi connectivity index (χ1v) is 7.52. The van der Waals surface area contributed by atoms with E-state index >= 15 is 0 Å². The molecule has 1 aromatic carbocycles. The zero-order valence-corrected chi connectivity index (χ0v) is 13.9. The molecule has 0 fully saturated rings. The molecule has 0 aliphatic carbocycles. The molecule has 0 radical (unpaired) electrons. The van der Waals surface area contributed by atoms with Crippen LogP contribution in [-0.4, -0.2) is 53.8 Å². The highest BCUT2D eigenvalue weighted by molar-refractivity contribution is 5.97. The average molecular weight is 352 g/mol. The standard InChI is InChI=1S/C16H20N2O7/c1-3-25-16(24)18(2)11-6-4-10(5-7-11)14(21)17-12(15(22)23)8-9-13(19)20/h4-7,12H,3,8-9H2,1-2H3,(H,17,21)(H,19,20)(H,22,23)/t12-/m0/s1. The predicted octanol–water partition coefficient (Wildman–Crippen LogP) is 1.33. The summed E-state index contributed by atoms with van der Waals surface area (Å²) in [5, 5.41) is 19.9. The van der Waals surface area contributed by atoms with Gasteiger partial charge in [0, 0.05) is 24.7 Å². The maximum absolute atomic E-state index is 12.1. The molecule has 0 aliphatic rings. The lowest BCUT2D eigenvalue weighted by molar-refractivity contribution is -0.140. The molecule has 3 N–H and O–H groups in total. The molecule has 1 atom stereocenters. The fourth-order valence-electron chi connectivity index (χ4n) is 1.93. The number of benzene rings is 1. The zero-order valence-electron chi connectivity index (χ0n) is 13.9. The molecular formula is C16H20N2O7. The van der Waals surface area contributed by atoms with E-state index in [-0.39, 0.29) is 25.0 Å². The van der Waals surface area contributed by atoms with Crippen molar-refractivity contribution in [2.45, 2.75) is 25.8 Å². The predicted molar refractivity (Wildman–Crippen MR) is 87.6 cm³/mol. The van der Waals surface area contributed by atoms with Crippen molar-refractivity contribution in [2.24, 2.45) is 0 Å². The minimum Gasteiger partial charge on any atom is -0.481 e. The normalized spacial score (nSPS) is 11.3. The molecule has 0 bridgehead atoms. The Kier molecular flexibility index (Phi) is 7.39. The minimum atomic E-state index is -1.31. The molecule has 25 heavy (non-hydrogen) atoms. The maximum atomic E-state index is 12.1. The zero-order chi connectivity index (χ0) is 19.0. The molecule has 1 aromatic rings. The summed E-state index contributed by atoms with van der Waals surface area (Å²) in [5.74, 6) is -3.11. The van der Waals surface area contributed by atoms with E-state index in [1.165, 1.54) is 36.2 Å². The van der Waals surface area contributed by atoms with Crippen LogP contribution in [0.4, 0.5) is 10.5 Å². The van der Waals surface area contributed by atoms with Crippen molar-refractivity contribution < 1.29 is 34.1 Å². The van der Waals surface area contributed by atoms with Crippen LogP contribution in [0, 0.1) is 0 Å². The van der Waals surface area contributed by atoms with E-state index in [4.69, 9.17) is 14.9 Å². The van der Waals surface area contributed by atoms with Gasteiger partial charge in [-0.2, -0.15) is 0 Å². The highest BCUT2D eigenvalue weighted by Gasteiger charge is 2.21. The third-order valence-corrected chi connectivity index (χ3v) is 3.31. The van der Waals surface area contributed by atoms with Gasteiger partial charge in [0.1, 0.15) is 6.04 Å². The highest BCUT2D eigenvalue weighted by atomic mass is 16.6. The molecule has 9 nitrogen and oxygen atoms in total. The first-order chi connectivity index (χ1) is 11.8. The molecule has 0 aliphatic heterocycles. The van der Waals surface area contributed by atoms with Crippen molar-refractivity contribution in [3.05, 3.63) is 29.8 Å². The Balaban J connectivity index is 2.76. The Hall–Kier alpha value is -3.10. The monoisotopic (exact) mass is 352 g/mol. The van der Waals surface area contributed by atoms with Gasteiger partial charge < -0.3 is 20.3 Å². The first kappa shape index (κ1) is 19.9. The Morgan fingerprint density at radius 2 is 1.76 bits per heavy atom. The van der Waals surface area contributed by atoms with Gasteiger partial charge in [0.25, 0.3) is 5.91 Å². The smallest absolute Gasteiger partial charge is 0.413 e. The second-order valence-corrected chi connectivity index (χ2v) is 5.10. The van der Waals surface area contributed by atoms with E-state index in [2.05, 4.69) is 5.32 Å². The third-order valence-electron chi connectivity index (χ3n) is 3.31. The van der Waals surface area contributed by atoms with Gasteiger partial charge in [0.05, 0.1) is 6.61 Å². The summed E-state index contributed by atoms with van der Waals surface area (Å²) < 4.78 is 4.86. The van der Waals surface area contributed by atoms with Crippen LogP contribution >= 0.6 is 0 Å². The van der Waals surface area contributed by atoms with Crippen LogP contribution in [-0.2, 0) is 14.3 Å². The van der Waals surface area contributed by atoms with Gasteiger partial charge in [-0.05, 0) is 37.6 Å². The molecule has 2 amide bonds. The summed E-state index contributed by atoms with van der Waals surface area (Å²) in [4.78, 5) is 46.6. The molecule has 0 aromatic heterocycles. The number of carbonyl (C=O) groups excluding carboxylic acids is 2. The second-order valence-electron chi connectivity index (χ2n) is 5.10. The number of hydrogen-bond acceptors (Lipinski definition) is 5. The van der Waals surface area contributed by atoms with E-state index in [1.54, 1.807) is 6.92 Å². The number of carboxylic acid groups (broad SMARTS) is 2. The number of nitrogens with one attached hydrogen (secondary N) is 1. The van der Waals surface area contributed by atoms with Crippen LogP contribution in [0.1, 0.15) is 30.1 Å². The van der Waals surface area contributed by atoms with E-state index in [1.807, 2.05) is 0 Å². The minimum absolute atomic E-state index is 0.183. The molecule has 0 saturated heterocycles. The lowest BCUT2D eigenvalue weighted by Crippen LogP contribution is -2.41. The number of hydrogen-bond donors (Lipinski definition) is 3. The second kappa shape index (κ2) is 9.26. The number of rotatable bonds is 8. The van der Waals surface area contributed by atoms with Crippen LogP contribution in [0.5, 0.6) is 0 Å².